The van der Waals surface area contributed by atoms with E-state index in [-0.39, 0.29) is 11.9 Å². The lowest BCUT2D eigenvalue weighted by molar-refractivity contribution is 0.622. The van der Waals surface area contributed by atoms with Crippen molar-refractivity contribution in [1.29, 1.82) is 0 Å². The molecular weight excluding hydrogens is 319 g/mol. The van der Waals surface area contributed by atoms with E-state index >= 15 is 0 Å². The number of nitrogens with one attached hydrogen (secondary N) is 2. The van der Waals surface area contributed by atoms with Crippen LogP contribution in [-0.4, -0.2) is 5.11 Å². The predicted octanol–water partition coefficient (Wildman–Crippen LogP) is 5.14. The van der Waals surface area contributed by atoms with E-state index in [4.69, 9.17) is 12.2 Å². The maximum atomic E-state index is 13.0. The summed E-state index contributed by atoms with van der Waals surface area (Å²) in [5, 5.41) is 7.06. The molecule has 4 heteroatoms. The van der Waals surface area contributed by atoms with Gasteiger partial charge in [0.25, 0.3) is 0 Å². The first-order valence-electron chi connectivity index (χ1n) is 8.60. The van der Waals surface area contributed by atoms with Gasteiger partial charge in [-0.25, -0.2) is 4.39 Å². The number of hydrogen-bond donors (Lipinski definition) is 2. The summed E-state index contributed by atoms with van der Waals surface area (Å²) in [6, 6.07) is 13.2. The third-order valence-electron chi connectivity index (χ3n) is 4.59. The number of anilines is 1. The fourth-order valence-corrected chi connectivity index (χ4v) is 3.51. The highest BCUT2D eigenvalue weighted by Gasteiger charge is 2.15. The summed E-state index contributed by atoms with van der Waals surface area (Å²) >= 11 is 5.42. The Morgan fingerprint density at radius 1 is 1.08 bits per heavy atom. The van der Waals surface area contributed by atoms with Gasteiger partial charge in [-0.1, -0.05) is 25.1 Å². The summed E-state index contributed by atoms with van der Waals surface area (Å²) in [5.41, 5.74) is 5.04. The molecule has 2 nitrogen and oxygen atoms in total. The average Bonchev–Trinajstić information content (AvgIpc) is 2.61. The Hall–Kier alpha value is -1.94. The zero-order valence-electron chi connectivity index (χ0n) is 13.9. The second kappa shape index (κ2) is 7.75. The number of hydrogen-bond acceptors (Lipinski definition) is 1. The Labute approximate surface area is 148 Å². The molecule has 0 radical (unpaired) electrons. The van der Waals surface area contributed by atoms with Crippen LogP contribution in [0.15, 0.2) is 42.5 Å². The largest absolute Gasteiger partial charge is 0.356 e. The molecule has 2 aromatic rings. The van der Waals surface area contributed by atoms with Gasteiger partial charge >= 0.3 is 0 Å². The first kappa shape index (κ1) is 16.9. The summed E-state index contributed by atoms with van der Waals surface area (Å²) < 4.78 is 13.0. The van der Waals surface area contributed by atoms with Crippen LogP contribution in [0.1, 0.15) is 48.9 Å². The molecule has 2 aromatic carbocycles. The third-order valence-corrected chi connectivity index (χ3v) is 4.81. The van der Waals surface area contributed by atoms with Crippen molar-refractivity contribution in [3.05, 3.63) is 65.0 Å². The minimum atomic E-state index is -0.250. The average molecular weight is 342 g/mol. The van der Waals surface area contributed by atoms with Crippen LogP contribution >= 0.6 is 12.2 Å². The molecule has 3 rings (SSSR count). The lowest BCUT2D eigenvalue weighted by Gasteiger charge is -2.23. The van der Waals surface area contributed by atoms with Gasteiger partial charge in [0.2, 0.25) is 0 Å². The monoisotopic (exact) mass is 342 g/mol. The molecule has 0 fully saturated rings. The summed E-state index contributed by atoms with van der Waals surface area (Å²) in [7, 11) is 0. The van der Waals surface area contributed by atoms with Crippen molar-refractivity contribution >= 4 is 23.0 Å². The maximum Gasteiger partial charge on any atom is 0.171 e. The fourth-order valence-electron chi connectivity index (χ4n) is 3.25. The normalized spacial score (nSPS) is 14.6. The molecule has 0 saturated heterocycles. The van der Waals surface area contributed by atoms with Crippen LogP contribution < -0.4 is 10.6 Å². The Balaban J connectivity index is 1.67. The van der Waals surface area contributed by atoms with Gasteiger partial charge in [-0.3, -0.25) is 0 Å². The van der Waals surface area contributed by atoms with E-state index in [1.54, 1.807) is 12.1 Å². The molecule has 2 N–H and O–H groups in total. The van der Waals surface area contributed by atoms with Gasteiger partial charge in [0.15, 0.2) is 5.11 Å². The quantitative estimate of drug-likeness (QED) is 0.752. The van der Waals surface area contributed by atoms with E-state index in [2.05, 4.69) is 35.8 Å². The molecule has 0 spiro atoms. The van der Waals surface area contributed by atoms with E-state index in [1.165, 1.54) is 54.5 Å². The molecule has 24 heavy (non-hydrogen) atoms. The highest BCUT2D eigenvalue weighted by molar-refractivity contribution is 7.80. The van der Waals surface area contributed by atoms with E-state index in [0.717, 1.165) is 12.1 Å². The van der Waals surface area contributed by atoms with E-state index in [9.17, 15) is 4.39 Å². The molecule has 0 aliphatic heterocycles. The number of thiocarbonyl (C=S) groups is 1. The number of benzene rings is 2. The van der Waals surface area contributed by atoms with Crippen LogP contribution in [0.25, 0.3) is 0 Å². The molecule has 0 amide bonds. The predicted molar refractivity (Wildman–Crippen MR) is 102 cm³/mol. The Kier molecular flexibility index (Phi) is 5.46. The summed E-state index contributed by atoms with van der Waals surface area (Å²) in [5.74, 6) is -0.250. The number of rotatable bonds is 4. The van der Waals surface area contributed by atoms with Gasteiger partial charge in [0.1, 0.15) is 5.82 Å². The molecule has 0 bridgehead atoms. The van der Waals surface area contributed by atoms with Crippen LogP contribution in [-0.2, 0) is 12.8 Å². The SMILES string of the molecule is CCC(NC(=S)Nc1ccc(F)cc1)c1ccc2c(c1)CCCC2. The molecule has 0 saturated carbocycles. The lowest BCUT2D eigenvalue weighted by Crippen LogP contribution is -2.32. The molecule has 1 aliphatic rings. The van der Waals surface area contributed by atoms with Crippen molar-refractivity contribution in [3.8, 4) is 0 Å². The molecule has 1 atom stereocenters. The summed E-state index contributed by atoms with van der Waals surface area (Å²) in [4.78, 5) is 0. The number of fused-ring (bicyclic) bond motifs is 1. The molecule has 1 aliphatic carbocycles. The Bertz CT molecular complexity index is 712. The number of aryl methyl sites for hydroxylation is 2. The molecular formula is C20H23FN2S. The first-order valence-corrected chi connectivity index (χ1v) is 9.01. The van der Waals surface area contributed by atoms with Crippen molar-refractivity contribution in [1.82, 2.24) is 5.32 Å². The van der Waals surface area contributed by atoms with Gasteiger partial charge < -0.3 is 10.6 Å². The maximum absolute atomic E-state index is 13.0. The van der Waals surface area contributed by atoms with Crippen molar-refractivity contribution in [3.63, 3.8) is 0 Å². The molecule has 0 aromatic heterocycles. The Morgan fingerprint density at radius 2 is 1.79 bits per heavy atom. The van der Waals surface area contributed by atoms with Gasteiger partial charge in [0, 0.05) is 5.69 Å². The van der Waals surface area contributed by atoms with Crippen LogP contribution in [0, 0.1) is 5.82 Å². The highest BCUT2D eigenvalue weighted by atomic mass is 32.1. The van der Waals surface area contributed by atoms with Gasteiger partial charge in [0.05, 0.1) is 6.04 Å². The van der Waals surface area contributed by atoms with Crippen molar-refractivity contribution in [2.45, 2.75) is 45.1 Å². The van der Waals surface area contributed by atoms with Crippen LogP contribution in [0.5, 0.6) is 0 Å². The highest BCUT2D eigenvalue weighted by Crippen LogP contribution is 2.26. The molecule has 126 valence electrons. The van der Waals surface area contributed by atoms with Gasteiger partial charge in [-0.2, -0.15) is 0 Å². The smallest absolute Gasteiger partial charge is 0.171 e. The standard InChI is InChI=1S/C20H23FN2S/c1-2-19(16-8-7-14-5-3-4-6-15(14)13-16)23-20(24)22-18-11-9-17(21)10-12-18/h7-13,19H,2-6H2,1H3,(H2,22,23,24). The van der Waals surface area contributed by atoms with Crippen molar-refractivity contribution in [2.24, 2.45) is 0 Å². The topological polar surface area (TPSA) is 24.1 Å². The fraction of sp³-hybridized carbons (Fsp3) is 0.350. The molecule has 1 unspecified atom stereocenters. The van der Waals surface area contributed by atoms with E-state index in [1.807, 2.05) is 0 Å². The van der Waals surface area contributed by atoms with Crippen LogP contribution in [0.4, 0.5) is 10.1 Å². The molecule has 0 heterocycles. The van der Waals surface area contributed by atoms with Gasteiger partial charge in [-0.05, 0) is 85.3 Å². The summed E-state index contributed by atoms with van der Waals surface area (Å²) in [6.07, 6.45) is 5.91. The third kappa shape index (κ3) is 4.12. The minimum Gasteiger partial charge on any atom is -0.356 e. The number of halogens is 1. The van der Waals surface area contributed by atoms with E-state index < -0.39 is 0 Å². The Morgan fingerprint density at radius 3 is 2.50 bits per heavy atom. The second-order valence-electron chi connectivity index (χ2n) is 6.30. The second-order valence-corrected chi connectivity index (χ2v) is 6.71. The van der Waals surface area contributed by atoms with E-state index in [0.29, 0.717) is 5.11 Å². The van der Waals surface area contributed by atoms with Crippen LogP contribution in [0.3, 0.4) is 0 Å². The lowest BCUT2D eigenvalue weighted by atomic mass is 9.89. The summed E-state index contributed by atoms with van der Waals surface area (Å²) in [6.45, 7) is 2.15. The minimum absolute atomic E-state index is 0.178. The zero-order chi connectivity index (χ0) is 16.9. The first-order chi connectivity index (χ1) is 11.7. The van der Waals surface area contributed by atoms with Crippen molar-refractivity contribution in [2.75, 3.05) is 5.32 Å². The van der Waals surface area contributed by atoms with Crippen LogP contribution in [0.2, 0.25) is 0 Å². The zero-order valence-corrected chi connectivity index (χ0v) is 14.8. The van der Waals surface area contributed by atoms with Crippen molar-refractivity contribution < 1.29 is 4.39 Å². The van der Waals surface area contributed by atoms with Gasteiger partial charge in [-0.15, -0.1) is 0 Å².